The summed E-state index contributed by atoms with van der Waals surface area (Å²) in [5, 5.41) is 12.6. The maximum Gasteiger partial charge on any atom is 0.389 e. The van der Waals surface area contributed by atoms with Crippen molar-refractivity contribution in [1.82, 2.24) is 9.47 Å². The van der Waals surface area contributed by atoms with Gasteiger partial charge in [0.1, 0.15) is 5.82 Å². The summed E-state index contributed by atoms with van der Waals surface area (Å²) in [4.78, 5) is 27.2. The van der Waals surface area contributed by atoms with Crippen molar-refractivity contribution in [1.29, 1.82) is 0 Å². The van der Waals surface area contributed by atoms with E-state index < -0.39 is 46.8 Å². The van der Waals surface area contributed by atoms with Gasteiger partial charge in [-0.05, 0) is 42.8 Å². The normalized spacial score (nSPS) is 23.9. The summed E-state index contributed by atoms with van der Waals surface area (Å²) < 4.78 is 53.5. The third-order valence-corrected chi connectivity index (χ3v) is 7.48. The van der Waals surface area contributed by atoms with Crippen LogP contribution in [0.15, 0.2) is 35.3 Å². The Hall–Kier alpha value is -2.42. The third-order valence-electron chi connectivity index (χ3n) is 7.48. The van der Waals surface area contributed by atoms with Crippen molar-refractivity contribution in [2.75, 3.05) is 13.1 Å². The van der Waals surface area contributed by atoms with Gasteiger partial charge in [-0.3, -0.25) is 9.59 Å². The first kappa shape index (κ1) is 23.7. The van der Waals surface area contributed by atoms with Crippen molar-refractivity contribution in [3.05, 3.63) is 46.6 Å². The van der Waals surface area contributed by atoms with Gasteiger partial charge in [0.25, 0.3) is 5.56 Å². The highest BCUT2D eigenvalue weighted by Gasteiger charge is 2.56. The first-order valence-corrected chi connectivity index (χ1v) is 11.3. The molecule has 1 aliphatic carbocycles. The number of carbonyl (C=O) groups excluding carboxylic acids is 1. The molecule has 2 heterocycles. The number of alkyl halides is 3. The molecule has 1 N–H and O–H groups in total. The van der Waals surface area contributed by atoms with Gasteiger partial charge < -0.3 is 14.6 Å². The summed E-state index contributed by atoms with van der Waals surface area (Å²) in [5.74, 6) is -2.27. The van der Waals surface area contributed by atoms with E-state index in [9.17, 15) is 32.3 Å². The topological polar surface area (TPSA) is 62.5 Å². The highest BCUT2D eigenvalue weighted by Crippen LogP contribution is 2.51. The Labute approximate surface area is 189 Å². The summed E-state index contributed by atoms with van der Waals surface area (Å²) >= 11 is 0. The van der Waals surface area contributed by atoms with Gasteiger partial charge in [0, 0.05) is 30.6 Å². The number of rotatable bonds is 4. The van der Waals surface area contributed by atoms with Gasteiger partial charge in [0.2, 0.25) is 5.91 Å². The number of hydrogen-bond donors (Lipinski definition) is 1. The van der Waals surface area contributed by atoms with E-state index in [0.29, 0.717) is 18.2 Å². The summed E-state index contributed by atoms with van der Waals surface area (Å²) in [7, 11) is 0. The molecular weight excluding hydrogens is 440 g/mol. The molecule has 2 aromatic rings. The first-order valence-electron chi connectivity index (χ1n) is 11.3. The SMILES string of the molecule is CC(CC(F)(F)F)C(=O)N1CCC(O)(Cn2ccc3ccc(F)cc3c2=O)C2(CCCC2)C1. The molecular formula is C24H28F4N2O3. The van der Waals surface area contributed by atoms with Crippen LogP contribution in [0, 0.1) is 17.2 Å². The molecule has 1 aromatic carbocycles. The van der Waals surface area contributed by atoms with Crippen LogP contribution < -0.4 is 5.56 Å². The second-order valence-corrected chi connectivity index (χ2v) is 9.73. The number of hydrogen-bond acceptors (Lipinski definition) is 3. The maximum atomic E-state index is 13.7. The highest BCUT2D eigenvalue weighted by atomic mass is 19.4. The Morgan fingerprint density at radius 3 is 2.55 bits per heavy atom. The lowest BCUT2D eigenvalue weighted by atomic mass is 9.65. The lowest BCUT2D eigenvalue weighted by Crippen LogP contribution is -2.62. The second kappa shape index (κ2) is 8.42. The van der Waals surface area contributed by atoms with E-state index in [1.165, 1.54) is 34.6 Å². The van der Waals surface area contributed by atoms with Gasteiger partial charge >= 0.3 is 6.18 Å². The van der Waals surface area contributed by atoms with Crippen LogP contribution in [-0.2, 0) is 11.3 Å². The van der Waals surface area contributed by atoms with Crippen LogP contribution >= 0.6 is 0 Å². The van der Waals surface area contributed by atoms with Crippen LogP contribution in [-0.4, -0.2) is 45.3 Å². The van der Waals surface area contributed by atoms with Crippen LogP contribution in [0.1, 0.15) is 45.4 Å². The minimum absolute atomic E-state index is 0.0155. The summed E-state index contributed by atoms with van der Waals surface area (Å²) in [6.45, 7) is 1.56. The van der Waals surface area contributed by atoms with E-state index in [1.807, 2.05) is 0 Å². The van der Waals surface area contributed by atoms with Gasteiger partial charge in [-0.1, -0.05) is 25.8 Å². The molecule has 33 heavy (non-hydrogen) atoms. The number of piperidine rings is 1. The van der Waals surface area contributed by atoms with Crippen LogP contribution in [0.4, 0.5) is 17.6 Å². The van der Waals surface area contributed by atoms with Gasteiger partial charge in [-0.2, -0.15) is 13.2 Å². The van der Waals surface area contributed by atoms with Gasteiger partial charge in [-0.25, -0.2) is 4.39 Å². The average Bonchev–Trinajstić information content (AvgIpc) is 3.21. The van der Waals surface area contributed by atoms with Crippen molar-refractivity contribution >= 4 is 16.7 Å². The maximum absolute atomic E-state index is 13.7. The molecule has 1 saturated heterocycles. The Morgan fingerprint density at radius 1 is 1.18 bits per heavy atom. The largest absolute Gasteiger partial charge is 0.389 e. The quantitative estimate of drug-likeness (QED) is 0.683. The average molecular weight is 468 g/mol. The van der Waals surface area contributed by atoms with Crippen LogP contribution in [0.2, 0.25) is 0 Å². The molecule has 180 valence electrons. The number of aliphatic hydroxyl groups is 1. The molecule has 2 aliphatic rings. The third kappa shape index (κ3) is 4.52. The molecule has 1 aromatic heterocycles. The van der Waals surface area contributed by atoms with E-state index in [4.69, 9.17) is 0 Å². The Kier molecular flexibility index (Phi) is 6.05. The molecule has 1 amide bonds. The van der Waals surface area contributed by atoms with Crippen molar-refractivity contribution in [2.24, 2.45) is 11.3 Å². The standard InChI is InChI=1S/C24H28F4N2O3/c1-16(13-24(26,27)28)20(31)30-11-9-23(33,22(14-30)7-2-3-8-22)15-29-10-6-17-4-5-18(25)12-19(17)21(29)32/h4-6,10,12,16,33H,2-3,7-9,11,13-15H2,1H3. The van der Waals surface area contributed by atoms with Gasteiger partial charge in [0.05, 0.1) is 24.0 Å². The van der Waals surface area contributed by atoms with E-state index in [0.717, 1.165) is 12.8 Å². The fraction of sp³-hybridized carbons (Fsp3) is 0.583. The summed E-state index contributed by atoms with van der Waals surface area (Å²) in [6, 6.07) is 5.67. The van der Waals surface area contributed by atoms with E-state index in [-0.39, 0.29) is 31.4 Å². The van der Waals surface area contributed by atoms with Crippen molar-refractivity contribution in [3.63, 3.8) is 0 Å². The molecule has 5 nitrogen and oxygen atoms in total. The molecule has 4 rings (SSSR count). The predicted octanol–water partition coefficient (Wildman–Crippen LogP) is 4.25. The smallest absolute Gasteiger partial charge is 0.387 e. The Morgan fingerprint density at radius 2 is 1.88 bits per heavy atom. The lowest BCUT2D eigenvalue weighted by molar-refractivity contribution is -0.172. The monoisotopic (exact) mass is 468 g/mol. The van der Waals surface area contributed by atoms with E-state index in [1.54, 1.807) is 12.3 Å². The van der Waals surface area contributed by atoms with Crippen LogP contribution in [0.5, 0.6) is 0 Å². The molecule has 1 saturated carbocycles. The number of halogens is 4. The number of pyridine rings is 1. The number of nitrogens with zero attached hydrogens (tertiary/aromatic N) is 2. The molecule has 2 atom stereocenters. The molecule has 1 spiro atoms. The number of aromatic nitrogens is 1. The van der Waals surface area contributed by atoms with Crippen LogP contribution in [0.25, 0.3) is 10.8 Å². The fourth-order valence-corrected chi connectivity index (χ4v) is 5.69. The molecule has 2 fully saturated rings. The fourth-order valence-electron chi connectivity index (χ4n) is 5.69. The summed E-state index contributed by atoms with van der Waals surface area (Å²) in [5.41, 5.74) is -2.42. The number of benzene rings is 1. The van der Waals surface area contributed by atoms with Crippen molar-refractivity contribution in [3.8, 4) is 0 Å². The van der Waals surface area contributed by atoms with E-state index >= 15 is 0 Å². The zero-order valence-electron chi connectivity index (χ0n) is 18.5. The van der Waals surface area contributed by atoms with Crippen molar-refractivity contribution < 1.29 is 27.5 Å². The number of likely N-dealkylation sites (tertiary alicyclic amines) is 1. The van der Waals surface area contributed by atoms with Gasteiger partial charge in [0.15, 0.2) is 0 Å². The zero-order valence-corrected chi connectivity index (χ0v) is 18.5. The van der Waals surface area contributed by atoms with Crippen molar-refractivity contribution in [2.45, 2.75) is 63.8 Å². The number of amides is 1. The first-order chi connectivity index (χ1) is 15.4. The molecule has 9 heteroatoms. The lowest BCUT2D eigenvalue weighted by Gasteiger charge is -2.52. The Bertz CT molecular complexity index is 1110. The van der Waals surface area contributed by atoms with Gasteiger partial charge in [-0.15, -0.1) is 0 Å². The molecule has 0 radical (unpaired) electrons. The molecule has 2 unspecified atom stereocenters. The van der Waals surface area contributed by atoms with E-state index in [2.05, 4.69) is 0 Å². The van der Waals surface area contributed by atoms with Crippen LogP contribution in [0.3, 0.4) is 0 Å². The Balaban J connectivity index is 1.61. The number of fused-ring (bicyclic) bond motifs is 1. The second-order valence-electron chi connectivity index (χ2n) is 9.73. The molecule has 0 bridgehead atoms. The highest BCUT2D eigenvalue weighted by molar-refractivity contribution is 5.81. The summed E-state index contributed by atoms with van der Waals surface area (Å²) in [6.07, 6.45) is -0.955. The predicted molar refractivity (Wildman–Crippen MR) is 115 cm³/mol. The number of carbonyl (C=O) groups is 1. The minimum Gasteiger partial charge on any atom is -0.387 e. The zero-order chi connectivity index (χ0) is 24.0. The minimum atomic E-state index is -4.42. The molecule has 1 aliphatic heterocycles.